The summed E-state index contributed by atoms with van der Waals surface area (Å²) in [5.41, 5.74) is 2.91. The molecule has 8 heteroatoms. The summed E-state index contributed by atoms with van der Waals surface area (Å²) in [6.07, 6.45) is 0. The number of nitrogens with one attached hydrogen (secondary N) is 2. The third-order valence-electron chi connectivity index (χ3n) is 3.01. The first-order chi connectivity index (χ1) is 10.0. The monoisotopic (exact) mass is 306 g/mol. The fourth-order valence-corrected chi connectivity index (χ4v) is 2.67. The largest absolute Gasteiger partial charge is 0.345 e. The molecule has 1 amide bonds. The first-order valence-corrected chi connectivity index (χ1v) is 7.06. The molecular formula is C13H14N4O3S. The summed E-state index contributed by atoms with van der Waals surface area (Å²) in [7, 11) is 0. The van der Waals surface area contributed by atoms with E-state index < -0.39 is 10.8 Å². The standard InChI is InChI=1S/C13H14N4O3S/c1-8(9-5-6-21-7-9)15-13(18)10-3-2-4-11(16-14)12(10)17(19)20/h2-8,16H,14H2,1H3,(H,15,18). The molecule has 1 aromatic carbocycles. The van der Waals surface area contributed by atoms with Crippen LogP contribution in [0.2, 0.25) is 0 Å². The van der Waals surface area contributed by atoms with Gasteiger partial charge in [-0.1, -0.05) is 6.07 Å². The summed E-state index contributed by atoms with van der Waals surface area (Å²) in [6, 6.07) is 6.03. The molecule has 1 unspecified atom stereocenters. The molecule has 2 rings (SSSR count). The minimum Gasteiger partial charge on any atom is -0.345 e. The smallest absolute Gasteiger partial charge is 0.306 e. The van der Waals surface area contributed by atoms with Gasteiger partial charge in [0.2, 0.25) is 0 Å². The Morgan fingerprint density at radius 2 is 2.19 bits per heavy atom. The van der Waals surface area contributed by atoms with Crippen molar-refractivity contribution in [1.82, 2.24) is 5.32 Å². The van der Waals surface area contributed by atoms with E-state index in [0.29, 0.717) is 0 Å². The van der Waals surface area contributed by atoms with Crippen molar-refractivity contribution in [3.05, 3.63) is 56.3 Å². The normalized spacial score (nSPS) is 11.7. The zero-order valence-electron chi connectivity index (χ0n) is 11.2. The maximum Gasteiger partial charge on any atom is 0.306 e. The maximum absolute atomic E-state index is 12.3. The second-order valence-electron chi connectivity index (χ2n) is 4.36. The first-order valence-electron chi connectivity index (χ1n) is 6.11. The van der Waals surface area contributed by atoms with Crippen LogP contribution in [0.15, 0.2) is 35.0 Å². The highest BCUT2D eigenvalue weighted by Crippen LogP contribution is 2.28. The van der Waals surface area contributed by atoms with Crippen LogP contribution in [0.5, 0.6) is 0 Å². The lowest BCUT2D eigenvalue weighted by molar-refractivity contribution is -0.384. The predicted octanol–water partition coefficient (Wildman–Crippen LogP) is 2.43. The molecule has 7 nitrogen and oxygen atoms in total. The molecule has 0 saturated carbocycles. The van der Waals surface area contributed by atoms with Gasteiger partial charge in [-0.3, -0.25) is 20.8 Å². The SMILES string of the molecule is CC(NC(=O)c1cccc(NN)c1[N+](=O)[O-])c1ccsc1. The third-order valence-corrected chi connectivity index (χ3v) is 3.71. The zero-order valence-corrected chi connectivity index (χ0v) is 12.0. The first kappa shape index (κ1) is 14.9. The molecular weight excluding hydrogens is 292 g/mol. The molecule has 0 aliphatic rings. The van der Waals surface area contributed by atoms with Crippen LogP contribution in [0.3, 0.4) is 0 Å². The maximum atomic E-state index is 12.3. The van der Waals surface area contributed by atoms with Gasteiger partial charge >= 0.3 is 5.69 Å². The number of anilines is 1. The summed E-state index contributed by atoms with van der Waals surface area (Å²) in [4.78, 5) is 22.8. The summed E-state index contributed by atoms with van der Waals surface area (Å²) >= 11 is 1.52. The highest BCUT2D eigenvalue weighted by Gasteiger charge is 2.25. The van der Waals surface area contributed by atoms with Gasteiger partial charge in [-0.15, -0.1) is 0 Å². The van der Waals surface area contributed by atoms with Crippen molar-refractivity contribution in [2.24, 2.45) is 5.84 Å². The Balaban J connectivity index is 2.29. The second-order valence-corrected chi connectivity index (χ2v) is 5.14. The van der Waals surface area contributed by atoms with Crippen molar-refractivity contribution in [3.8, 4) is 0 Å². The number of carbonyl (C=O) groups is 1. The van der Waals surface area contributed by atoms with Gasteiger partial charge < -0.3 is 10.7 Å². The minimum atomic E-state index is -0.626. The van der Waals surface area contributed by atoms with E-state index in [1.54, 1.807) is 0 Å². The number of hydrogen-bond acceptors (Lipinski definition) is 6. The number of nitrogens with two attached hydrogens (primary N) is 1. The molecule has 21 heavy (non-hydrogen) atoms. The number of amides is 1. The second kappa shape index (κ2) is 6.33. The fraction of sp³-hybridized carbons (Fsp3) is 0.154. The third kappa shape index (κ3) is 3.18. The van der Waals surface area contributed by atoms with E-state index in [0.717, 1.165) is 5.56 Å². The number of nitro benzene ring substituents is 1. The van der Waals surface area contributed by atoms with Crippen LogP contribution in [0.25, 0.3) is 0 Å². The van der Waals surface area contributed by atoms with Crippen molar-refractivity contribution in [2.75, 3.05) is 5.43 Å². The van der Waals surface area contributed by atoms with Crippen LogP contribution in [0.4, 0.5) is 11.4 Å². The van der Waals surface area contributed by atoms with Crippen LogP contribution in [0, 0.1) is 10.1 Å². The minimum absolute atomic E-state index is 0.0301. The number of nitrogens with zero attached hydrogens (tertiary/aromatic N) is 1. The van der Waals surface area contributed by atoms with Gasteiger partial charge in [0.25, 0.3) is 5.91 Å². The molecule has 110 valence electrons. The number of hydrogen-bond donors (Lipinski definition) is 3. The molecule has 4 N–H and O–H groups in total. The van der Waals surface area contributed by atoms with E-state index in [-0.39, 0.29) is 23.0 Å². The van der Waals surface area contributed by atoms with Gasteiger partial charge in [0, 0.05) is 0 Å². The van der Waals surface area contributed by atoms with Crippen molar-refractivity contribution >= 4 is 28.6 Å². The van der Waals surface area contributed by atoms with Crippen LogP contribution < -0.4 is 16.6 Å². The van der Waals surface area contributed by atoms with Crippen LogP contribution in [-0.4, -0.2) is 10.8 Å². The lowest BCUT2D eigenvalue weighted by Crippen LogP contribution is -2.27. The average molecular weight is 306 g/mol. The highest BCUT2D eigenvalue weighted by molar-refractivity contribution is 7.07. The number of rotatable bonds is 5. The van der Waals surface area contributed by atoms with Crippen LogP contribution in [0.1, 0.15) is 28.9 Å². The van der Waals surface area contributed by atoms with Gasteiger partial charge in [-0.2, -0.15) is 11.3 Å². The Bertz CT molecular complexity index is 657. The van der Waals surface area contributed by atoms with Crippen LogP contribution >= 0.6 is 11.3 Å². The quantitative estimate of drug-likeness (QED) is 0.446. The predicted molar refractivity (Wildman–Crippen MR) is 81.1 cm³/mol. The fourth-order valence-electron chi connectivity index (χ4n) is 1.92. The molecule has 0 aliphatic carbocycles. The van der Waals surface area contributed by atoms with Crippen molar-refractivity contribution in [2.45, 2.75) is 13.0 Å². The number of nitrogen functional groups attached to an aromatic ring is 1. The molecule has 0 bridgehead atoms. The summed E-state index contributed by atoms with van der Waals surface area (Å²) in [6.45, 7) is 1.82. The van der Waals surface area contributed by atoms with E-state index in [9.17, 15) is 14.9 Å². The number of nitro groups is 1. The number of hydrazine groups is 1. The Hall–Kier alpha value is -2.45. The number of carbonyl (C=O) groups excluding carboxylic acids is 1. The van der Waals surface area contributed by atoms with Gasteiger partial charge in [0.1, 0.15) is 11.3 Å². The number of para-hydroxylation sites is 1. The van der Waals surface area contributed by atoms with Crippen LogP contribution in [-0.2, 0) is 0 Å². The Kier molecular flexibility index (Phi) is 4.51. The molecule has 0 fully saturated rings. The molecule has 2 aromatic rings. The lowest BCUT2D eigenvalue weighted by atomic mass is 10.1. The lowest BCUT2D eigenvalue weighted by Gasteiger charge is -2.13. The number of thiophene rings is 1. The summed E-state index contributed by atoms with van der Waals surface area (Å²) in [5, 5.41) is 17.7. The van der Waals surface area contributed by atoms with E-state index in [2.05, 4.69) is 10.7 Å². The molecule has 0 radical (unpaired) electrons. The highest BCUT2D eigenvalue weighted by atomic mass is 32.1. The van der Waals surface area contributed by atoms with E-state index in [4.69, 9.17) is 5.84 Å². The average Bonchev–Trinajstić information content (AvgIpc) is 3.00. The Morgan fingerprint density at radius 3 is 2.76 bits per heavy atom. The zero-order chi connectivity index (χ0) is 15.4. The Labute approximate surface area is 124 Å². The molecule has 0 spiro atoms. The molecule has 1 heterocycles. The number of benzene rings is 1. The molecule has 1 atom stereocenters. The summed E-state index contributed by atoms with van der Waals surface area (Å²) < 4.78 is 0. The van der Waals surface area contributed by atoms with Crippen molar-refractivity contribution in [1.29, 1.82) is 0 Å². The molecule has 0 saturated heterocycles. The van der Waals surface area contributed by atoms with Crippen molar-refractivity contribution in [3.63, 3.8) is 0 Å². The van der Waals surface area contributed by atoms with E-state index in [1.165, 1.54) is 29.5 Å². The topological polar surface area (TPSA) is 110 Å². The molecule has 0 aliphatic heterocycles. The van der Waals surface area contributed by atoms with Gasteiger partial charge in [-0.05, 0) is 41.4 Å². The van der Waals surface area contributed by atoms with Gasteiger partial charge in [0.15, 0.2) is 0 Å². The summed E-state index contributed by atoms with van der Waals surface area (Å²) in [5.74, 6) is 4.73. The van der Waals surface area contributed by atoms with Crippen molar-refractivity contribution < 1.29 is 9.72 Å². The van der Waals surface area contributed by atoms with Gasteiger partial charge in [0.05, 0.1) is 11.0 Å². The van der Waals surface area contributed by atoms with E-state index >= 15 is 0 Å². The molecule has 1 aromatic heterocycles. The Morgan fingerprint density at radius 1 is 1.43 bits per heavy atom. The van der Waals surface area contributed by atoms with E-state index in [1.807, 2.05) is 23.8 Å². The van der Waals surface area contributed by atoms with Gasteiger partial charge in [-0.25, -0.2) is 0 Å².